The molecule has 0 spiro atoms. The van der Waals surface area contributed by atoms with Gasteiger partial charge in [-0.25, -0.2) is 0 Å². The normalized spacial score (nSPS) is 20.8. The van der Waals surface area contributed by atoms with E-state index >= 15 is 0 Å². The smallest absolute Gasteiger partial charge is 0.234 e. The molecule has 0 bridgehead atoms. The summed E-state index contributed by atoms with van der Waals surface area (Å²) < 4.78 is 0. The lowest BCUT2D eigenvalue weighted by molar-refractivity contribution is -0.123. The highest BCUT2D eigenvalue weighted by atomic mass is 16.2. The third-order valence-electron chi connectivity index (χ3n) is 3.90. The SMILES string of the molecule is CC(C)C(C)NC(=O)CN1CCN(C(C)C#N)CC1. The summed E-state index contributed by atoms with van der Waals surface area (Å²) in [5, 5.41) is 11.9. The summed E-state index contributed by atoms with van der Waals surface area (Å²) in [6.45, 7) is 12.1. The van der Waals surface area contributed by atoms with Crippen molar-refractivity contribution in [3.05, 3.63) is 0 Å². The summed E-state index contributed by atoms with van der Waals surface area (Å²) in [7, 11) is 0. The number of amides is 1. The molecular weight excluding hydrogens is 240 g/mol. The number of hydrogen-bond acceptors (Lipinski definition) is 4. The lowest BCUT2D eigenvalue weighted by Gasteiger charge is -2.35. The summed E-state index contributed by atoms with van der Waals surface area (Å²) in [6, 6.07) is 2.44. The van der Waals surface area contributed by atoms with Crippen molar-refractivity contribution in [3.8, 4) is 6.07 Å². The van der Waals surface area contributed by atoms with E-state index in [0.717, 1.165) is 26.2 Å². The summed E-state index contributed by atoms with van der Waals surface area (Å²) in [5.41, 5.74) is 0. The van der Waals surface area contributed by atoms with Gasteiger partial charge in [0.2, 0.25) is 5.91 Å². The molecule has 5 heteroatoms. The summed E-state index contributed by atoms with van der Waals surface area (Å²) in [6.07, 6.45) is 0. The van der Waals surface area contributed by atoms with Gasteiger partial charge in [-0.2, -0.15) is 5.26 Å². The van der Waals surface area contributed by atoms with E-state index in [0.29, 0.717) is 12.5 Å². The van der Waals surface area contributed by atoms with Gasteiger partial charge in [-0.1, -0.05) is 13.8 Å². The summed E-state index contributed by atoms with van der Waals surface area (Å²) >= 11 is 0. The molecule has 1 aliphatic heterocycles. The second-order valence-corrected chi connectivity index (χ2v) is 5.72. The number of nitrogens with one attached hydrogen (secondary N) is 1. The number of nitrogens with zero attached hydrogens (tertiary/aromatic N) is 3. The van der Waals surface area contributed by atoms with E-state index in [2.05, 4.69) is 35.0 Å². The first-order valence-electron chi connectivity index (χ1n) is 7.09. The molecule has 0 aromatic heterocycles. The van der Waals surface area contributed by atoms with Gasteiger partial charge in [0.15, 0.2) is 0 Å². The fraction of sp³-hybridized carbons (Fsp3) is 0.857. The number of carbonyl (C=O) groups excluding carboxylic acids is 1. The van der Waals surface area contributed by atoms with Crippen LogP contribution in [0.15, 0.2) is 0 Å². The third kappa shape index (κ3) is 5.17. The van der Waals surface area contributed by atoms with Gasteiger partial charge in [-0.15, -0.1) is 0 Å². The molecule has 0 saturated carbocycles. The average molecular weight is 266 g/mol. The third-order valence-corrected chi connectivity index (χ3v) is 3.90. The Bertz CT molecular complexity index is 329. The van der Waals surface area contributed by atoms with Crippen LogP contribution in [0.1, 0.15) is 27.7 Å². The van der Waals surface area contributed by atoms with Crippen LogP contribution in [0, 0.1) is 17.2 Å². The lowest BCUT2D eigenvalue weighted by Crippen LogP contribution is -2.52. The van der Waals surface area contributed by atoms with Crippen LogP contribution >= 0.6 is 0 Å². The highest BCUT2D eigenvalue weighted by Gasteiger charge is 2.22. The first-order valence-corrected chi connectivity index (χ1v) is 7.09. The van der Waals surface area contributed by atoms with Crippen LogP contribution in [-0.2, 0) is 4.79 Å². The Morgan fingerprint density at radius 2 is 1.79 bits per heavy atom. The van der Waals surface area contributed by atoms with Crippen LogP contribution in [0.25, 0.3) is 0 Å². The fourth-order valence-electron chi connectivity index (χ4n) is 2.06. The first kappa shape index (κ1) is 15.9. The molecule has 1 heterocycles. The molecule has 0 aromatic rings. The standard InChI is InChI=1S/C14H26N4O/c1-11(2)13(4)16-14(19)10-17-5-7-18(8-6-17)12(3)9-15/h11-13H,5-8,10H2,1-4H3,(H,16,19). The van der Waals surface area contributed by atoms with Gasteiger partial charge in [0.25, 0.3) is 0 Å². The van der Waals surface area contributed by atoms with E-state index in [4.69, 9.17) is 5.26 Å². The van der Waals surface area contributed by atoms with Gasteiger partial charge in [-0.3, -0.25) is 14.6 Å². The maximum absolute atomic E-state index is 11.9. The van der Waals surface area contributed by atoms with Crippen LogP contribution in [0.2, 0.25) is 0 Å². The van der Waals surface area contributed by atoms with E-state index in [1.165, 1.54) is 0 Å². The van der Waals surface area contributed by atoms with Crippen molar-refractivity contribution in [2.24, 2.45) is 5.92 Å². The van der Waals surface area contributed by atoms with Gasteiger partial charge in [0, 0.05) is 32.2 Å². The Morgan fingerprint density at radius 3 is 2.26 bits per heavy atom. The number of piperazine rings is 1. The molecule has 1 saturated heterocycles. The van der Waals surface area contributed by atoms with E-state index in [1.807, 2.05) is 13.8 Å². The Balaban J connectivity index is 2.29. The number of hydrogen-bond donors (Lipinski definition) is 1. The Hall–Kier alpha value is -1.12. The van der Waals surface area contributed by atoms with Gasteiger partial charge >= 0.3 is 0 Å². The summed E-state index contributed by atoms with van der Waals surface area (Å²) in [4.78, 5) is 16.2. The van der Waals surface area contributed by atoms with Crippen molar-refractivity contribution in [1.29, 1.82) is 5.26 Å². The molecule has 1 aliphatic rings. The van der Waals surface area contributed by atoms with Crippen LogP contribution < -0.4 is 5.32 Å². The van der Waals surface area contributed by atoms with E-state index in [9.17, 15) is 4.79 Å². The molecule has 5 nitrogen and oxygen atoms in total. The van der Waals surface area contributed by atoms with E-state index in [1.54, 1.807) is 0 Å². The zero-order chi connectivity index (χ0) is 14.4. The molecule has 19 heavy (non-hydrogen) atoms. The highest BCUT2D eigenvalue weighted by molar-refractivity contribution is 5.78. The first-order chi connectivity index (χ1) is 8.93. The highest BCUT2D eigenvalue weighted by Crippen LogP contribution is 2.06. The van der Waals surface area contributed by atoms with Gasteiger partial charge in [0.05, 0.1) is 18.7 Å². The molecular formula is C14H26N4O. The van der Waals surface area contributed by atoms with Crippen molar-refractivity contribution in [2.45, 2.75) is 39.8 Å². The molecule has 108 valence electrons. The Labute approximate surface area is 116 Å². The maximum Gasteiger partial charge on any atom is 0.234 e. The molecule has 1 amide bonds. The minimum absolute atomic E-state index is 0.0306. The predicted molar refractivity (Wildman–Crippen MR) is 75.5 cm³/mol. The minimum Gasteiger partial charge on any atom is -0.352 e. The van der Waals surface area contributed by atoms with Crippen molar-refractivity contribution in [2.75, 3.05) is 32.7 Å². The van der Waals surface area contributed by atoms with Gasteiger partial charge < -0.3 is 5.32 Å². The molecule has 1 fully saturated rings. The fourth-order valence-corrected chi connectivity index (χ4v) is 2.06. The molecule has 1 N–H and O–H groups in total. The molecule has 1 rings (SSSR count). The van der Waals surface area contributed by atoms with Gasteiger partial charge in [-0.05, 0) is 19.8 Å². The molecule has 0 aromatic carbocycles. The monoisotopic (exact) mass is 266 g/mol. The van der Waals surface area contributed by atoms with Crippen LogP contribution in [0.3, 0.4) is 0 Å². The maximum atomic E-state index is 11.9. The van der Waals surface area contributed by atoms with Crippen LogP contribution in [-0.4, -0.2) is 60.5 Å². The molecule has 0 aliphatic carbocycles. The molecule has 2 unspecified atom stereocenters. The Kier molecular flexibility index (Phi) is 6.26. The molecule has 2 atom stereocenters. The van der Waals surface area contributed by atoms with Crippen LogP contribution in [0.5, 0.6) is 0 Å². The second kappa shape index (κ2) is 7.46. The lowest BCUT2D eigenvalue weighted by atomic mass is 10.1. The van der Waals surface area contributed by atoms with E-state index < -0.39 is 0 Å². The van der Waals surface area contributed by atoms with Crippen molar-refractivity contribution in [3.63, 3.8) is 0 Å². The van der Waals surface area contributed by atoms with Gasteiger partial charge in [0.1, 0.15) is 0 Å². The minimum atomic E-state index is -0.0306. The zero-order valence-electron chi connectivity index (χ0n) is 12.5. The largest absolute Gasteiger partial charge is 0.352 e. The van der Waals surface area contributed by atoms with Crippen LogP contribution in [0.4, 0.5) is 0 Å². The van der Waals surface area contributed by atoms with Crippen molar-refractivity contribution >= 4 is 5.91 Å². The van der Waals surface area contributed by atoms with E-state index in [-0.39, 0.29) is 18.0 Å². The molecule has 0 radical (unpaired) electrons. The second-order valence-electron chi connectivity index (χ2n) is 5.72. The number of carbonyl (C=O) groups is 1. The Morgan fingerprint density at radius 1 is 1.21 bits per heavy atom. The summed E-state index contributed by atoms with van der Waals surface area (Å²) in [5.74, 6) is 0.556. The van der Waals surface area contributed by atoms with Crippen molar-refractivity contribution in [1.82, 2.24) is 15.1 Å². The number of nitriles is 1. The topological polar surface area (TPSA) is 59.4 Å². The zero-order valence-corrected chi connectivity index (χ0v) is 12.5. The number of rotatable bonds is 5. The quantitative estimate of drug-likeness (QED) is 0.795. The predicted octanol–water partition coefficient (Wildman–Crippen LogP) is 0.677. The van der Waals surface area contributed by atoms with Crippen molar-refractivity contribution < 1.29 is 4.79 Å². The average Bonchev–Trinajstić information content (AvgIpc) is 2.38.